The van der Waals surface area contributed by atoms with E-state index in [1.165, 1.54) is 13.0 Å². The Balaban J connectivity index is 1.75. The first-order valence-electron chi connectivity index (χ1n) is 9.65. The highest BCUT2D eigenvalue weighted by molar-refractivity contribution is 6.14. The van der Waals surface area contributed by atoms with E-state index in [1.54, 1.807) is 48.5 Å². The highest BCUT2D eigenvalue weighted by Gasteiger charge is 2.23. The molecule has 0 saturated heterocycles. The number of hydrogen-bond acceptors (Lipinski definition) is 4. The summed E-state index contributed by atoms with van der Waals surface area (Å²) in [5.41, 5.74) is 3.49. The number of amides is 1. The standard InChI is InChI=1S/C25H23NO4/c1-16-10-9-15-22(17(16)2)26-24(28)18(3)30-25(29)21-14-8-7-13-20(21)23(27)19-11-5-4-6-12-19/h4-15,18H,1-3H3,(H,26,28)/t18-/m1/s1. The number of carbonyl (C=O) groups is 3. The van der Waals surface area contributed by atoms with Crippen LogP contribution in [0.1, 0.15) is 44.3 Å². The molecule has 30 heavy (non-hydrogen) atoms. The topological polar surface area (TPSA) is 72.5 Å². The zero-order valence-corrected chi connectivity index (χ0v) is 17.1. The number of esters is 1. The summed E-state index contributed by atoms with van der Waals surface area (Å²) >= 11 is 0. The van der Waals surface area contributed by atoms with Gasteiger partial charge in [0.05, 0.1) is 5.56 Å². The number of rotatable bonds is 6. The summed E-state index contributed by atoms with van der Waals surface area (Å²) in [7, 11) is 0. The minimum atomic E-state index is -1.03. The molecule has 152 valence electrons. The van der Waals surface area contributed by atoms with Crippen LogP contribution in [0.4, 0.5) is 5.69 Å². The Kier molecular flexibility index (Phi) is 6.42. The van der Waals surface area contributed by atoms with Crippen molar-refractivity contribution >= 4 is 23.3 Å². The number of carbonyl (C=O) groups excluding carboxylic acids is 3. The smallest absolute Gasteiger partial charge is 0.339 e. The lowest BCUT2D eigenvalue weighted by atomic mass is 9.98. The molecule has 3 aromatic carbocycles. The van der Waals surface area contributed by atoms with Crippen molar-refractivity contribution in [3.05, 3.63) is 101 Å². The van der Waals surface area contributed by atoms with Crippen molar-refractivity contribution in [2.75, 3.05) is 5.32 Å². The molecule has 3 rings (SSSR count). The molecule has 3 aromatic rings. The van der Waals surface area contributed by atoms with Gasteiger partial charge in [-0.1, -0.05) is 60.7 Å². The van der Waals surface area contributed by atoms with Gasteiger partial charge in [-0.2, -0.15) is 0 Å². The van der Waals surface area contributed by atoms with Crippen LogP contribution in [-0.4, -0.2) is 23.8 Å². The summed E-state index contributed by atoms with van der Waals surface area (Å²) < 4.78 is 5.36. The molecule has 0 aromatic heterocycles. The van der Waals surface area contributed by atoms with Crippen molar-refractivity contribution in [2.24, 2.45) is 0 Å². The van der Waals surface area contributed by atoms with Crippen molar-refractivity contribution in [1.29, 1.82) is 0 Å². The van der Waals surface area contributed by atoms with Crippen LogP contribution in [0.3, 0.4) is 0 Å². The number of anilines is 1. The first-order chi connectivity index (χ1) is 14.4. The van der Waals surface area contributed by atoms with Gasteiger partial charge in [0.1, 0.15) is 0 Å². The fourth-order valence-electron chi connectivity index (χ4n) is 3.00. The van der Waals surface area contributed by atoms with Crippen molar-refractivity contribution in [3.63, 3.8) is 0 Å². The fraction of sp³-hybridized carbons (Fsp3) is 0.160. The van der Waals surface area contributed by atoms with E-state index in [1.807, 2.05) is 32.0 Å². The van der Waals surface area contributed by atoms with Crippen molar-refractivity contribution < 1.29 is 19.1 Å². The number of nitrogens with one attached hydrogen (secondary N) is 1. The lowest BCUT2D eigenvalue weighted by molar-refractivity contribution is -0.123. The lowest BCUT2D eigenvalue weighted by Gasteiger charge is -2.16. The Morgan fingerprint density at radius 1 is 0.800 bits per heavy atom. The predicted molar refractivity (Wildman–Crippen MR) is 116 cm³/mol. The molecule has 0 spiro atoms. The molecule has 0 aliphatic carbocycles. The number of hydrogen-bond donors (Lipinski definition) is 1. The normalized spacial score (nSPS) is 11.4. The zero-order valence-electron chi connectivity index (χ0n) is 17.1. The van der Waals surface area contributed by atoms with E-state index in [9.17, 15) is 14.4 Å². The summed E-state index contributed by atoms with van der Waals surface area (Å²) in [6.07, 6.45) is -1.03. The van der Waals surface area contributed by atoms with Gasteiger partial charge < -0.3 is 10.1 Å². The van der Waals surface area contributed by atoms with Crippen LogP contribution in [0.25, 0.3) is 0 Å². The number of ketones is 1. The molecule has 0 aliphatic heterocycles. The second-order valence-corrected chi connectivity index (χ2v) is 7.02. The van der Waals surface area contributed by atoms with Crippen molar-refractivity contribution in [2.45, 2.75) is 26.9 Å². The van der Waals surface area contributed by atoms with E-state index in [0.717, 1.165) is 11.1 Å². The first kappa shape index (κ1) is 21.0. The molecule has 0 bridgehead atoms. The van der Waals surface area contributed by atoms with Crippen LogP contribution >= 0.6 is 0 Å². The zero-order chi connectivity index (χ0) is 21.7. The van der Waals surface area contributed by atoms with Crippen molar-refractivity contribution in [3.8, 4) is 0 Å². The van der Waals surface area contributed by atoms with Gasteiger partial charge in [-0.15, -0.1) is 0 Å². The largest absolute Gasteiger partial charge is 0.449 e. The third-order valence-electron chi connectivity index (χ3n) is 4.94. The molecular weight excluding hydrogens is 378 g/mol. The highest BCUT2D eigenvalue weighted by Crippen LogP contribution is 2.19. The molecule has 5 heteroatoms. The monoisotopic (exact) mass is 401 g/mol. The van der Waals surface area contributed by atoms with E-state index in [-0.39, 0.29) is 16.9 Å². The molecule has 0 saturated carbocycles. The Morgan fingerprint density at radius 2 is 1.43 bits per heavy atom. The molecule has 1 N–H and O–H groups in total. The van der Waals surface area contributed by atoms with Crippen LogP contribution in [0, 0.1) is 13.8 Å². The second-order valence-electron chi connectivity index (χ2n) is 7.02. The van der Waals surface area contributed by atoms with Crippen LogP contribution in [0.15, 0.2) is 72.8 Å². The van der Waals surface area contributed by atoms with Gasteiger partial charge in [0.25, 0.3) is 5.91 Å². The SMILES string of the molecule is Cc1cccc(NC(=O)[C@@H](C)OC(=O)c2ccccc2C(=O)c2ccccc2)c1C. The Bertz CT molecular complexity index is 1090. The highest BCUT2D eigenvalue weighted by atomic mass is 16.5. The molecular formula is C25H23NO4. The van der Waals surface area contributed by atoms with E-state index in [2.05, 4.69) is 5.32 Å². The first-order valence-corrected chi connectivity index (χ1v) is 9.65. The van der Waals surface area contributed by atoms with E-state index in [0.29, 0.717) is 11.3 Å². The van der Waals surface area contributed by atoms with Gasteiger partial charge in [-0.25, -0.2) is 4.79 Å². The summed E-state index contributed by atoms with van der Waals surface area (Å²) in [4.78, 5) is 38.1. The lowest BCUT2D eigenvalue weighted by Crippen LogP contribution is -2.30. The fourth-order valence-corrected chi connectivity index (χ4v) is 3.00. The molecule has 1 atom stereocenters. The molecule has 1 amide bonds. The van der Waals surface area contributed by atoms with Crippen molar-refractivity contribution in [1.82, 2.24) is 0 Å². The van der Waals surface area contributed by atoms with E-state index >= 15 is 0 Å². The minimum Gasteiger partial charge on any atom is -0.449 e. The van der Waals surface area contributed by atoms with Gasteiger partial charge in [-0.05, 0) is 44.0 Å². The average Bonchev–Trinajstić information content (AvgIpc) is 2.76. The third kappa shape index (κ3) is 4.63. The predicted octanol–water partition coefficient (Wildman–Crippen LogP) is 4.72. The molecule has 0 aliphatic rings. The number of benzene rings is 3. The molecule has 0 radical (unpaired) electrons. The van der Waals surface area contributed by atoms with Crippen LogP contribution in [0.5, 0.6) is 0 Å². The third-order valence-corrected chi connectivity index (χ3v) is 4.94. The minimum absolute atomic E-state index is 0.123. The summed E-state index contributed by atoms with van der Waals surface area (Å²) in [5, 5.41) is 2.79. The molecule has 5 nitrogen and oxygen atoms in total. The van der Waals surface area contributed by atoms with Crippen LogP contribution in [0.2, 0.25) is 0 Å². The maximum absolute atomic E-state index is 12.8. The summed E-state index contributed by atoms with van der Waals surface area (Å²) in [6.45, 7) is 5.36. The van der Waals surface area contributed by atoms with Gasteiger partial charge in [0.15, 0.2) is 11.9 Å². The number of aryl methyl sites for hydroxylation is 1. The van der Waals surface area contributed by atoms with Gasteiger partial charge in [0, 0.05) is 16.8 Å². The molecule has 0 fully saturated rings. The van der Waals surface area contributed by atoms with E-state index < -0.39 is 18.0 Å². The second kappa shape index (κ2) is 9.18. The van der Waals surface area contributed by atoms with Gasteiger partial charge in [0.2, 0.25) is 0 Å². The van der Waals surface area contributed by atoms with E-state index in [4.69, 9.17) is 4.74 Å². The van der Waals surface area contributed by atoms with Gasteiger partial charge >= 0.3 is 5.97 Å². The summed E-state index contributed by atoms with van der Waals surface area (Å²) in [5.74, 6) is -1.45. The Labute approximate surface area is 175 Å². The average molecular weight is 401 g/mol. The van der Waals surface area contributed by atoms with Crippen LogP contribution in [-0.2, 0) is 9.53 Å². The maximum atomic E-state index is 12.8. The Morgan fingerprint density at radius 3 is 2.13 bits per heavy atom. The molecule has 0 unspecified atom stereocenters. The summed E-state index contributed by atoms with van der Waals surface area (Å²) in [6, 6.07) is 20.7. The quantitative estimate of drug-likeness (QED) is 0.479. The van der Waals surface area contributed by atoms with Gasteiger partial charge in [-0.3, -0.25) is 9.59 Å². The molecule has 0 heterocycles. The Hall–Kier alpha value is -3.73. The maximum Gasteiger partial charge on any atom is 0.339 e. The number of ether oxygens (including phenoxy) is 1. The van der Waals surface area contributed by atoms with Crippen LogP contribution < -0.4 is 5.32 Å².